The van der Waals surface area contributed by atoms with Crippen LogP contribution in [0.3, 0.4) is 0 Å². The quantitative estimate of drug-likeness (QED) is 0.873. The molecule has 0 bridgehead atoms. The summed E-state index contributed by atoms with van der Waals surface area (Å²) in [6, 6.07) is 6.25. The van der Waals surface area contributed by atoms with Crippen LogP contribution in [-0.4, -0.2) is 25.7 Å². The molecule has 1 aromatic rings. The Morgan fingerprint density at radius 1 is 1.47 bits per heavy atom. The van der Waals surface area contributed by atoms with Crippen LogP contribution in [-0.2, 0) is 0 Å². The van der Waals surface area contributed by atoms with E-state index in [1.807, 2.05) is 25.1 Å². The number of benzene rings is 1. The first kappa shape index (κ1) is 14.6. The van der Waals surface area contributed by atoms with Crippen molar-refractivity contribution < 1.29 is 4.74 Å². The van der Waals surface area contributed by atoms with E-state index in [9.17, 15) is 0 Å². The summed E-state index contributed by atoms with van der Waals surface area (Å²) >= 11 is 6.14. The van der Waals surface area contributed by atoms with Gasteiger partial charge in [-0.3, -0.25) is 0 Å². The highest BCUT2D eigenvalue weighted by molar-refractivity contribution is 6.30. The largest absolute Gasteiger partial charge is 0.494 e. The Bertz CT molecular complexity index is 405. The molecule has 1 heterocycles. The van der Waals surface area contributed by atoms with Gasteiger partial charge in [-0.2, -0.15) is 0 Å². The molecule has 3 N–H and O–H groups in total. The smallest absolute Gasteiger partial charge is 0.122 e. The summed E-state index contributed by atoms with van der Waals surface area (Å²) in [6.07, 6.45) is 3.68. The summed E-state index contributed by atoms with van der Waals surface area (Å²) < 4.78 is 5.72. The van der Waals surface area contributed by atoms with E-state index in [0.717, 1.165) is 22.9 Å². The molecule has 2 unspecified atom stereocenters. The first-order valence-electron chi connectivity index (χ1n) is 7.12. The van der Waals surface area contributed by atoms with Gasteiger partial charge in [0.2, 0.25) is 0 Å². The maximum atomic E-state index is 6.14. The van der Waals surface area contributed by atoms with Crippen LogP contribution < -0.4 is 15.8 Å². The van der Waals surface area contributed by atoms with E-state index in [0.29, 0.717) is 19.2 Å². The molecule has 106 valence electrons. The predicted molar refractivity (Wildman–Crippen MR) is 80.1 cm³/mol. The Labute approximate surface area is 120 Å². The van der Waals surface area contributed by atoms with Crippen LogP contribution in [0.2, 0.25) is 5.02 Å². The van der Waals surface area contributed by atoms with Gasteiger partial charge in [-0.05, 0) is 44.5 Å². The van der Waals surface area contributed by atoms with Crippen LogP contribution in [0.15, 0.2) is 18.2 Å². The average Bonchev–Trinajstić information content (AvgIpc) is 2.44. The first-order valence-corrected chi connectivity index (χ1v) is 7.49. The molecule has 1 aromatic carbocycles. The summed E-state index contributed by atoms with van der Waals surface area (Å²) in [5, 5.41) is 4.32. The lowest BCUT2D eigenvalue weighted by atomic mass is 9.86. The fraction of sp³-hybridized carbons (Fsp3) is 0.600. The van der Waals surface area contributed by atoms with Gasteiger partial charge >= 0.3 is 0 Å². The number of piperidine rings is 1. The molecule has 1 aliphatic rings. The minimum absolute atomic E-state index is 0.264. The molecule has 0 spiro atoms. The van der Waals surface area contributed by atoms with Gasteiger partial charge < -0.3 is 15.8 Å². The molecule has 3 nitrogen and oxygen atoms in total. The Hall–Kier alpha value is -0.770. The SMILES string of the molecule is CCOc1ccc(Cl)cc1C(CN)C1CCCCN1. The topological polar surface area (TPSA) is 47.3 Å². The number of rotatable bonds is 5. The second kappa shape index (κ2) is 7.13. The van der Waals surface area contributed by atoms with Crippen molar-refractivity contribution in [3.05, 3.63) is 28.8 Å². The van der Waals surface area contributed by atoms with Crippen molar-refractivity contribution in [3.8, 4) is 5.75 Å². The molecule has 0 aliphatic carbocycles. The minimum Gasteiger partial charge on any atom is -0.494 e. The number of hydrogen-bond donors (Lipinski definition) is 2. The molecular weight excluding hydrogens is 260 g/mol. The second-order valence-corrected chi connectivity index (χ2v) is 5.45. The summed E-state index contributed by atoms with van der Waals surface area (Å²) in [4.78, 5) is 0. The highest BCUT2D eigenvalue weighted by Crippen LogP contribution is 2.33. The maximum absolute atomic E-state index is 6.14. The zero-order valence-corrected chi connectivity index (χ0v) is 12.2. The molecule has 19 heavy (non-hydrogen) atoms. The lowest BCUT2D eigenvalue weighted by molar-refractivity contribution is 0.317. The third kappa shape index (κ3) is 3.62. The van der Waals surface area contributed by atoms with Crippen LogP contribution in [0.4, 0.5) is 0 Å². The normalized spacial score (nSPS) is 21.1. The predicted octanol–water partition coefficient (Wildman–Crippen LogP) is 2.92. The molecule has 2 atom stereocenters. The third-order valence-corrected chi connectivity index (χ3v) is 3.99. The van der Waals surface area contributed by atoms with Crippen molar-refractivity contribution in [2.75, 3.05) is 19.7 Å². The van der Waals surface area contributed by atoms with Gasteiger partial charge in [0, 0.05) is 29.1 Å². The van der Waals surface area contributed by atoms with E-state index in [-0.39, 0.29) is 5.92 Å². The van der Waals surface area contributed by atoms with Gasteiger partial charge in [0.15, 0.2) is 0 Å². The van der Waals surface area contributed by atoms with Gasteiger partial charge in [0.05, 0.1) is 6.61 Å². The van der Waals surface area contributed by atoms with E-state index in [1.165, 1.54) is 19.3 Å². The molecule has 0 amide bonds. The minimum atomic E-state index is 0.264. The Kier molecular flexibility index (Phi) is 5.49. The van der Waals surface area contributed by atoms with E-state index in [2.05, 4.69) is 5.32 Å². The Morgan fingerprint density at radius 2 is 2.32 bits per heavy atom. The van der Waals surface area contributed by atoms with Crippen molar-refractivity contribution >= 4 is 11.6 Å². The molecule has 1 fully saturated rings. The highest BCUT2D eigenvalue weighted by Gasteiger charge is 2.26. The van der Waals surface area contributed by atoms with Crippen LogP contribution in [0.5, 0.6) is 5.75 Å². The van der Waals surface area contributed by atoms with Gasteiger partial charge in [0.25, 0.3) is 0 Å². The Morgan fingerprint density at radius 3 is 2.95 bits per heavy atom. The van der Waals surface area contributed by atoms with Crippen LogP contribution in [0.25, 0.3) is 0 Å². The molecule has 0 radical (unpaired) electrons. The number of hydrogen-bond acceptors (Lipinski definition) is 3. The van der Waals surface area contributed by atoms with Crippen molar-refractivity contribution in [1.29, 1.82) is 0 Å². The summed E-state index contributed by atoms with van der Waals surface area (Å²) in [6.45, 7) is 4.34. The van der Waals surface area contributed by atoms with Crippen molar-refractivity contribution in [2.45, 2.75) is 38.1 Å². The van der Waals surface area contributed by atoms with E-state index in [1.54, 1.807) is 0 Å². The standard InChI is InChI=1S/C15H23ClN2O/c1-2-19-15-7-6-11(16)9-12(15)13(10-17)14-5-3-4-8-18-14/h6-7,9,13-14,18H,2-5,8,10,17H2,1H3. The van der Waals surface area contributed by atoms with E-state index in [4.69, 9.17) is 22.1 Å². The Balaban J connectivity index is 2.27. The monoisotopic (exact) mass is 282 g/mol. The van der Waals surface area contributed by atoms with Gasteiger partial charge in [-0.1, -0.05) is 18.0 Å². The zero-order chi connectivity index (χ0) is 13.7. The summed E-state index contributed by atoms with van der Waals surface area (Å²) in [5.41, 5.74) is 7.15. The third-order valence-electron chi connectivity index (χ3n) is 3.76. The van der Waals surface area contributed by atoms with Gasteiger partial charge in [-0.25, -0.2) is 0 Å². The second-order valence-electron chi connectivity index (χ2n) is 5.01. The van der Waals surface area contributed by atoms with Gasteiger partial charge in [0.1, 0.15) is 5.75 Å². The summed E-state index contributed by atoms with van der Waals surface area (Å²) in [5.74, 6) is 1.18. The molecule has 4 heteroatoms. The van der Waals surface area contributed by atoms with E-state index < -0.39 is 0 Å². The molecule has 1 aliphatic heterocycles. The first-order chi connectivity index (χ1) is 9.26. The fourth-order valence-corrected chi connectivity index (χ4v) is 3.01. The average molecular weight is 283 g/mol. The van der Waals surface area contributed by atoms with Crippen molar-refractivity contribution in [1.82, 2.24) is 5.32 Å². The van der Waals surface area contributed by atoms with Crippen molar-refractivity contribution in [2.24, 2.45) is 5.73 Å². The van der Waals surface area contributed by atoms with Crippen LogP contribution in [0, 0.1) is 0 Å². The lowest BCUT2D eigenvalue weighted by Gasteiger charge is -2.32. The zero-order valence-electron chi connectivity index (χ0n) is 11.5. The van der Waals surface area contributed by atoms with Gasteiger partial charge in [-0.15, -0.1) is 0 Å². The number of halogens is 1. The number of nitrogens with two attached hydrogens (primary N) is 1. The molecule has 2 rings (SSSR count). The van der Waals surface area contributed by atoms with Crippen LogP contribution >= 0.6 is 11.6 Å². The molecule has 0 aromatic heterocycles. The molecular formula is C15H23ClN2O. The van der Waals surface area contributed by atoms with Crippen LogP contribution in [0.1, 0.15) is 37.7 Å². The molecule has 0 saturated carbocycles. The summed E-state index contributed by atoms with van der Waals surface area (Å²) in [7, 11) is 0. The number of nitrogens with one attached hydrogen (secondary N) is 1. The molecule has 1 saturated heterocycles. The number of ether oxygens (including phenoxy) is 1. The highest BCUT2D eigenvalue weighted by atomic mass is 35.5. The fourth-order valence-electron chi connectivity index (χ4n) is 2.83. The maximum Gasteiger partial charge on any atom is 0.122 e. The van der Waals surface area contributed by atoms with E-state index >= 15 is 0 Å². The lowest BCUT2D eigenvalue weighted by Crippen LogP contribution is -2.41. The van der Waals surface area contributed by atoms with Crippen molar-refractivity contribution in [3.63, 3.8) is 0 Å².